The lowest BCUT2D eigenvalue weighted by Gasteiger charge is -2.23. The summed E-state index contributed by atoms with van der Waals surface area (Å²) >= 11 is 0. The highest BCUT2D eigenvalue weighted by Gasteiger charge is 2.38. The van der Waals surface area contributed by atoms with E-state index < -0.39 is 6.04 Å². The molecule has 2 heterocycles. The highest BCUT2D eigenvalue weighted by molar-refractivity contribution is 5.97. The van der Waals surface area contributed by atoms with Crippen molar-refractivity contribution in [1.29, 1.82) is 0 Å². The van der Waals surface area contributed by atoms with Crippen LogP contribution in [0, 0.1) is 13.8 Å². The second-order valence-electron chi connectivity index (χ2n) is 7.21. The average Bonchev–Trinajstić information content (AvgIpc) is 3.16. The maximum absolute atomic E-state index is 13.0. The van der Waals surface area contributed by atoms with Crippen LogP contribution >= 0.6 is 0 Å². The topological polar surface area (TPSA) is 80.1 Å². The van der Waals surface area contributed by atoms with Crippen LogP contribution in [0.4, 0.5) is 0 Å². The number of likely N-dealkylation sites (tertiary alicyclic amines) is 1. The fourth-order valence-electron chi connectivity index (χ4n) is 3.40. The maximum atomic E-state index is 13.0. The van der Waals surface area contributed by atoms with Crippen molar-refractivity contribution in [2.24, 2.45) is 0 Å². The summed E-state index contributed by atoms with van der Waals surface area (Å²) in [6, 6.07) is 7.80. The lowest BCUT2D eigenvalue weighted by atomic mass is 10.2. The Bertz CT molecular complexity index is 838. The SMILES string of the molecule is Cc1ccc(-n2nnc(C(=O)N3CCCC3C(=O)NC3CC3)c2C)cc1. The molecule has 7 heteroatoms. The number of hydrogen-bond acceptors (Lipinski definition) is 4. The van der Waals surface area contributed by atoms with Gasteiger partial charge in [0, 0.05) is 12.6 Å². The Kier molecular flexibility index (Phi) is 4.22. The first-order valence-electron chi connectivity index (χ1n) is 9.15. The summed E-state index contributed by atoms with van der Waals surface area (Å²) in [6.45, 7) is 4.44. The third-order valence-corrected chi connectivity index (χ3v) is 5.12. The van der Waals surface area contributed by atoms with Crippen molar-refractivity contribution >= 4 is 11.8 Å². The summed E-state index contributed by atoms with van der Waals surface area (Å²) in [6.07, 6.45) is 3.61. The molecule has 1 saturated carbocycles. The van der Waals surface area contributed by atoms with Crippen molar-refractivity contribution < 1.29 is 9.59 Å². The van der Waals surface area contributed by atoms with E-state index >= 15 is 0 Å². The first kappa shape index (κ1) is 16.8. The second kappa shape index (κ2) is 6.55. The van der Waals surface area contributed by atoms with Gasteiger partial charge in [-0.15, -0.1) is 5.10 Å². The van der Waals surface area contributed by atoms with Gasteiger partial charge in [-0.1, -0.05) is 22.9 Å². The molecule has 2 aromatic rings. The summed E-state index contributed by atoms with van der Waals surface area (Å²) in [7, 11) is 0. The summed E-state index contributed by atoms with van der Waals surface area (Å²) in [5, 5.41) is 11.3. The molecule has 2 fully saturated rings. The lowest BCUT2D eigenvalue weighted by Crippen LogP contribution is -2.46. The number of hydrogen-bond donors (Lipinski definition) is 1. The van der Waals surface area contributed by atoms with E-state index in [2.05, 4.69) is 15.6 Å². The minimum absolute atomic E-state index is 0.0399. The Morgan fingerprint density at radius 1 is 1.12 bits per heavy atom. The maximum Gasteiger partial charge on any atom is 0.277 e. The zero-order chi connectivity index (χ0) is 18.3. The van der Waals surface area contributed by atoms with Crippen LogP contribution in [0.15, 0.2) is 24.3 Å². The van der Waals surface area contributed by atoms with Crippen molar-refractivity contribution in [3.05, 3.63) is 41.2 Å². The molecule has 4 rings (SSSR count). The van der Waals surface area contributed by atoms with Crippen molar-refractivity contribution in [2.75, 3.05) is 6.54 Å². The molecule has 0 spiro atoms. The monoisotopic (exact) mass is 353 g/mol. The molecule has 2 amide bonds. The third-order valence-electron chi connectivity index (χ3n) is 5.12. The Morgan fingerprint density at radius 3 is 2.54 bits per heavy atom. The minimum Gasteiger partial charge on any atom is -0.352 e. The summed E-state index contributed by atoms with van der Waals surface area (Å²) in [5.41, 5.74) is 3.03. The molecule has 1 atom stereocenters. The van der Waals surface area contributed by atoms with Gasteiger partial charge in [-0.2, -0.15) is 0 Å². The number of carbonyl (C=O) groups excluding carboxylic acids is 2. The van der Waals surface area contributed by atoms with Crippen LogP contribution < -0.4 is 5.32 Å². The minimum atomic E-state index is -0.396. The molecular formula is C19H23N5O2. The molecule has 1 aromatic carbocycles. The highest BCUT2D eigenvalue weighted by atomic mass is 16.2. The van der Waals surface area contributed by atoms with Gasteiger partial charge in [0.1, 0.15) is 6.04 Å². The Labute approximate surface area is 152 Å². The second-order valence-corrected chi connectivity index (χ2v) is 7.21. The molecule has 26 heavy (non-hydrogen) atoms. The Hall–Kier alpha value is -2.70. The first-order chi connectivity index (χ1) is 12.5. The lowest BCUT2D eigenvalue weighted by molar-refractivity contribution is -0.125. The van der Waals surface area contributed by atoms with E-state index in [1.807, 2.05) is 38.1 Å². The van der Waals surface area contributed by atoms with Gasteiger partial charge < -0.3 is 10.2 Å². The average molecular weight is 353 g/mol. The largest absolute Gasteiger partial charge is 0.352 e. The Balaban J connectivity index is 1.56. The quantitative estimate of drug-likeness (QED) is 0.908. The number of aromatic nitrogens is 3. The van der Waals surface area contributed by atoms with Gasteiger partial charge in [0.2, 0.25) is 5.91 Å². The molecule has 1 N–H and O–H groups in total. The van der Waals surface area contributed by atoms with Crippen LogP contribution in [0.3, 0.4) is 0 Å². The van der Waals surface area contributed by atoms with E-state index in [1.54, 1.807) is 9.58 Å². The molecule has 1 aromatic heterocycles. The number of nitrogens with zero attached hydrogens (tertiary/aromatic N) is 4. The first-order valence-corrected chi connectivity index (χ1v) is 9.15. The normalized spacial score (nSPS) is 19.6. The van der Waals surface area contributed by atoms with Gasteiger partial charge in [-0.25, -0.2) is 4.68 Å². The van der Waals surface area contributed by atoms with Crippen molar-refractivity contribution in [2.45, 2.75) is 51.6 Å². The van der Waals surface area contributed by atoms with Gasteiger partial charge in [0.15, 0.2) is 5.69 Å². The molecule has 0 radical (unpaired) electrons. The van der Waals surface area contributed by atoms with Crippen LogP contribution in [0.2, 0.25) is 0 Å². The van der Waals surface area contributed by atoms with E-state index in [1.165, 1.54) is 0 Å². The molecule has 1 aliphatic heterocycles. The zero-order valence-electron chi connectivity index (χ0n) is 15.1. The number of rotatable bonds is 4. The molecule has 0 bridgehead atoms. The number of nitrogens with one attached hydrogen (secondary N) is 1. The Morgan fingerprint density at radius 2 is 1.85 bits per heavy atom. The molecule has 7 nitrogen and oxygen atoms in total. The fourth-order valence-corrected chi connectivity index (χ4v) is 3.40. The zero-order valence-corrected chi connectivity index (χ0v) is 15.1. The highest BCUT2D eigenvalue weighted by Crippen LogP contribution is 2.24. The van der Waals surface area contributed by atoms with Gasteiger partial charge in [-0.05, 0) is 51.7 Å². The van der Waals surface area contributed by atoms with E-state index in [0.29, 0.717) is 30.4 Å². The van der Waals surface area contributed by atoms with Crippen LogP contribution in [0.5, 0.6) is 0 Å². The van der Waals surface area contributed by atoms with E-state index in [0.717, 1.165) is 30.5 Å². The third kappa shape index (κ3) is 3.09. The van der Waals surface area contributed by atoms with Crippen LogP contribution in [0.25, 0.3) is 5.69 Å². The van der Waals surface area contributed by atoms with E-state index in [9.17, 15) is 9.59 Å². The van der Waals surface area contributed by atoms with Crippen molar-refractivity contribution in [1.82, 2.24) is 25.2 Å². The van der Waals surface area contributed by atoms with Gasteiger partial charge in [0.25, 0.3) is 5.91 Å². The molecule has 1 unspecified atom stereocenters. The summed E-state index contributed by atoms with van der Waals surface area (Å²) < 4.78 is 1.67. The van der Waals surface area contributed by atoms with Crippen LogP contribution in [-0.4, -0.2) is 50.3 Å². The number of carbonyl (C=O) groups is 2. The summed E-state index contributed by atoms with van der Waals surface area (Å²) in [4.78, 5) is 27.1. The molecule has 136 valence electrons. The fraction of sp³-hybridized carbons (Fsp3) is 0.474. The van der Waals surface area contributed by atoms with Crippen LogP contribution in [-0.2, 0) is 4.79 Å². The van der Waals surface area contributed by atoms with Gasteiger partial charge in [-0.3, -0.25) is 9.59 Å². The number of benzene rings is 1. The molecular weight excluding hydrogens is 330 g/mol. The molecule has 1 aliphatic carbocycles. The van der Waals surface area contributed by atoms with Gasteiger partial charge >= 0.3 is 0 Å². The summed E-state index contributed by atoms with van der Waals surface area (Å²) in [5.74, 6) is -0.253. The number of aryl methyl sites for hydroxylation is 1. The van der Waals surface area contributed by atoms with E-state index in [4.69, 9.17) is 0 Å². The smallest absolute Gasteiger partial charge is 0.277 e. The van der Waals surface area contributed by atoms with Crippen molar-refractivity contribution in [3.8, 4) is 5.69 Å². The molecule has 2 aliphatic rings. The predicted octanol–water partition coefficient (Wildman–Crippen LogP) is 1.77. The van der Waals surface area contributed by atoms with Gasteiger partial charge in [0.05, 0.1) is 11.4 Å². The predicted molar refractivity (Wildman–Crippen MR) is 96.1 cm³/mol. The van der Waals surface area contributed by atoms with Crippen molar-refractivity contribution in [3.63, 3.8) is 0 Å². The van der Waals surface area contributed by atoms with E-state index in [-0.39, 0.29) is 11.8 Å². The van der Waals surface area contributed by atoms with Crippen LogP contribution in [0.1, 0.15) is 47.4 Å². The molecule has 1 saturated heterocycles. The standard InChI is InChI=1S/C19H23N5O2/c1-12-5-9-15(10-6-12)24-13(2)17(21-22-24)19(26)23-11-3-4-16(23)18(25)20-14-7-8-14/h5-6,9-10,14,16H,3-4,7-8,11H2,1-2H3,(H,20,25). The number of amides is 2.